The Labute approximate surface area is 93.2 Å². The van der Waals surface area contributed by atoms with Crippen LogP contribution in [0.15, 0.2) is 36.4 Å². The molecule has 1 aliphatic rings. The Balaban J connectivity index is 2.14. The third-order valence-electron chi connectivity index (χ3n) is 2.75. The maximum atomic E-state index is 9.02. The van der Waals surface area contributed by atoms with Gasteiger partial charge in [-0.3, -0.25) is 0 Å². The maximum Gasteiger partial charge on any atom is 0.169 e. The SMILES string of the molecule is OCC1COc2c(ccc3ccccc23)O1. The van der Waals surface area contributed by atoms with Crippen LogP contribution in [0.3, 0.4) is 0 Å². The van der Waals surface area contributed by atoms with Crippen LogP contribution in [0.5, 0.6) is 11.5 Å². The van der Waals surface area contributed by atoms with Crippen LogP contribution in [-0.2, 0) is 0 Å². The van der Waals surface area contributed by atoms with Crippen molar-refractivity contribution in [2.45, 2.75) is 6.10 Å². The van der Waals surface area contributed by atoms with Crippen molar-refractivity contribution in [2.24, 2.45) is 0 Å². The molecule has 1 N–H and O–H groups in total. The van der Waals surface area contributed by atoms with Gasteiger partial charge in [-0.25, -0.2) is 0 Å². The largest absolute Gasteiger partial charge is 0.485 e. The molecule has 0 radical (unpaired) electrons. The van der Waals surface area contributed by atoms with Gasteiger partial charge in [0.2, 0.25) is 0 Å². The molecule has 0 spiro atoms. The molecule has 1 heterocycles. The summed E-state index contributed by atoms with van der Waals surface area (Å²) in [7, 11) is 0. The molecule has 0 aromatic heterocycles. The first kappa shape index (κ1) is 9.48. The lowest BCUT2D eigenvalue weighted by Gasteiger charge is -2.26. The van der Waals surface area contributed by atoms with Crippen LogP contribution in [0, 0.1) is 0 Å². The summed E-state index contributed by atoms with van der Waals surface area (Å²) >= 11 is 0. The highest BCUT2D eigenvalue weighted by Crippen LogP contribution is 2.38. The number of aliphatic hydroxyl groups excluding tert-OH is 1. The first-order valence-corrected chi connectivity index (χ1v) is 5.30. The zero-order valence-corrected chi connectivity index (χ0v) is 8.72. The van der Waals surface area contributed by atoms with E-state index >= 15 is 0 Å². The molecule has 2 aromatic carbocycles. The lowest BCUT2D eigenvalue weighted by Crippen LogP contribution is -2.32. The van der Waals surface area contributed by atoms with Crippen LogP contribution in [0.1, 0.15) is 0 Å². The summed E-state index contributed by atoms with van der Waals surface area (Å²) in [4.78, 5) is 0. The standard InChI is InChI=1S/C13H12O3/c14-7-10-8-15-13-11-4-2-1-3-9(11)5-6-12(13)16-10/h1-6,10,14H,7-8H2. The minimum Gasteiger partial charge on any atom is -0.485 e. The molecule has 0 saturated carbocycles. The van der Waals surface area contributed by atoms with E-state index in [4.69, 9.17) is 14.6 Å². The van der Waals surface area contributed by atoms with E-state index in [0.717, 1.165) is 16.5 Å². The van der Waals surface area contributed by atoms with Crippen molar-refractivity contribution in [3.63, 3.8) is 0 Å². The smallest absolute Gasteiger partial charge is 0.169 e. The Morgan fingerprint density at radius 2 is 2.06 bits per heavy atom. The van der Waals surface area contributed by atoms with Crippen molar-refractivity contribution >= 4 is 10.8 Å². The van der Waals surface area contributed by atoms with Crippen LogP contribution in [0.25, 0.3) is 10.8 Å². The van der Waals surface area contributed by atoms with Gasteiger partial charge in [0.15, 0.2) is 17.6 Å². The van der Waals surface area contributed by atoms with Crippen LogP contribution >= 0.6 is 0 Å². The van der Waals surface area contributed by atoms with Gasteiger partial charge in [0, 0.05) is 5.39 Å². The van der Waals surface area contributed by atoms with E-state index in [1.165, 1.54) is 0 Å². The Bertz CT molecular complexity index is 522. The topological polar surface area (TPSA) is 38.7 Å². The van der Waals surface area contributed by atoms with Crippen LogP contribution in [-0.4, -0.2) is 24.4 Å². The summed E-state index contributed by atoms with van der Waals surface area (Å²) in [6.45, 7) is 0.379. The molecule has 0 aliphatic carbocycles. The van der Waals surface area contributed by atoms with Gasteiger partial charge in [0.1, 0.15) is 6.61 Å². The molecule has 2 aromatic rings. The lowest BCUT2D eigenvalue weighted by atomic mass is 10.1. The number of fused-ring (bicyclic) bond motifs is 3. The van der Waals surface area contributed by atoms with Crippen LogP contribution < -0.4 is 9.47 Å². The summed E-state index contributed by atoms with van der Waals surface area (Å²) in [5, 5.41) is 11.2. The average Bonchev–Trinajstić information content (AvgIpc) is 2.38. The van der Waals surface area contributed by atoms with E-state index in [2.05, 4.69) is 0 Å². The van der Waals surface area contributed by atoms with Gasteiger partial charge < -0.3 is 14.6 Å². The monoisotopic (exact) mass is 216 g/mol. The normalized spacial score (nSPS) is 18.7. The first-order valence-electron chi connectivity index (χ1n) is 5.30. The van der Waals surface area contributed by atoms with Crippen molar-refractivity contribution in [1.82, 2.24) is 0 Å². The summed E-state index contributed by atoms with van der Waals surface area (Å²) in [5.74, 6) is 1.49. The Morgan fingerprint density at radius 3 is 2.94 bits per heavy atom. The zero-order valence-electron chi connectivity index (χ0n) is 8.72. The molecule has 1 aliphatic heterocycles. The predicted molar refractivity (Wildman–Crippen MR) is 60.9 cm³/mol. The number of ether oxygens (including phenoxy) is 2. The van der Waals surface area contributed by atoms with Crippen molar-refractivity contribution < 1.29 is 14.6 Å². The van der Waals surface area contributed by atoms with Gasteiger partial charge in [-0.1, -0.05) is 30.3 Å². The van der Waals surface area contributed by atoms with E-state index in [0.29, 0.717) is 12.4 Å². The lowest BCUT2D eigenvalue weighted by molar-refractivity contribution is 0.0468. The Kier molecular flexibility index (Phi) is 2.18. The molecule has 0 fully saturated rings. The molecule has 0 amide bonds. The van der Waals surface area contributed by atoms with Gasteiger partial charge in [0.05, 0.1) is 6.61 Å². The van der Waals surface area contributed by atoms with E-state index in [1.807, 2.05) is 36.4 Å². The fourth-order valence-corrected chi connectivity index (χ4v) is 1.94. The highest BCUT2D eigenvalue weighted by atomic mass is 16.6. The van der Waals surface area contributed by atoms with Gasteiger partial charge in [-0.15, -0.1) is 0 Å². The quantitative estimate of drug-likeness (QED) is 0.792. The van der Waals surface area contributed by atoms with Gasteiger partial charge in [-0.05, 0) is 11.5 Å². The van der Waals surface area contributed by atoms with Crippen molar-refractivity contribution in [3.05, 3.63) is 36.4 Å². The Morgan fingerprint density at radius 1 is 1.19 bits per heavy atom. The second-order valence-electron chi connectivity index (χ2n) is 3.85. The van der Waals surface area contributed by atoms with E-state index in [1.54, 1.807) is 0 Å². The van der Waals surface area contributed by atoms with Crippen molar-refractivity contribution in [1.29, 1.82) is 0 Å². The second kappa shape index (κ2) is 3.68. The minimum absolute atomic E-state index is 0.0216. The predicted octanol–water partition coefficient (Wildman–Crippen LogP) is 1.97. The number of rotatable bonds is 1. The zero-order chi connectivity index (χ0) is 11.0. The minimum atomic E-state index is -0.256. The molecule has 1 atom stereocenters. The van der Waals surface area contributed by atoms with Crippen LogP contribution in [0.4, 0.5) is 0 Å². The number of benzene rings is 2. The molecule has 1 unspecified atom stereocenters. The molecule has 3 heteroatoms. The molecule has 3 rings (SSSR count). The summed E-state index contributed by atoms with van der Waals surface area (Å²) in [5.41, 5.74) is 0. The van der Waals surface area contributed by atoms with E-state index < -0.39 is 0 Å². The maximum absolute atomic E-state index is 9.02. The third kappa shape index (κ3) is 1.41. The third-order valence-corrected chi connectivity index (χ3v) is 2.75. The molecular formula is C13H12O3. The number of hydrogen-bond acceptors (Lipinski definition) is 3. The fraction of sp³-hybridized carbons (Fsp3) is 0.231. The number of hydrogen-bond donors (Lipinski definition) is 1. The average molecular weight is 216 g/mol. The molecule has 16 heavy (non-hydrogen) atoms. The molecule has 0 saturated heterocycles. The second-order valence-corrected chi connectivity index (χ2v) is 3.85. The summed E-state index contributed by atoms with van der Waals surface area (Å²) in [6, 6.07) is 11.9. The molecule has 0 bridgehead atoms. The first-order chi connectivity index (χ1) is 7.88. The number of aliphatic hydroxyl groups is 1. The van der Waals surface area contributed by atoms with Gasteiger partial charge in [0.25, 0.3) is 0 Å². The van der Waals surface area contributed by atoms with Crippen LogP contribution in [0.2, 0.25) is 0 Å². The Hall–Kier alpha value is -1.74. The van der Waals surface area contributed by atoms with E-state index in [9.17, 15) is 0 Å². The van der Waals surface area contributed by atoms with E-state index in [-0.39, 0.29) is 12.7 Å². The highest BCUT2D eigenvalue weighted by molar-refractivity contribution is 5.90. The molecular weight excluding hydrogens is 204 g/mol. The molecule has 82 valence electrons. The van der Waals surface area contributed by atoms with Crippen molar-refractivity contribution in [3.8, 4) is 11.5 Å². The van der Waals surface area contributed by atoms with Crippen molar-refractivity contribution in [2.75, 3.05) is 13.2 Å². The summed E-state index contributed by atoms with van der Waals surface area (Å²) in [6.07, 6.45) is -0.256. The molecule has 3 nitrogen and oxygen atoms in total. The fourth-order valence-electron chi connectivity index (χ4n) is 1.94. The van der Waals surface area contributed by atoms with Gasteiger partial charge >= 0.3 is 0 Å². The van der Waals surface area contributed by atoms with Gasteiger partial charge in [-0.2, -0.15) is 0 Å². The summed E-state index contributed by atoms with van der Waals surface area (Å²) < 4.78 is 11.3. The highest BCUT2D eigenvalue weighted by Gasteiger charge is 2.21.